The maximum absolute atomic E-state index is 13.1. The van der Waals surface area contributed by atoms with Crippen LogP contribution in [0.5, 0.6) is 0 Å². The van der Waals surface area contributed by atoms with E-state index in [0.717, 1.165) is 12.6 Å². The van der Waals surface area contributed by atoms with Crippen molar-refractivity contribution in [3.8, 4) is 0 Å². The second kappa shape index (κ2) is 7.13. The van der Waals surface area contributed by atoms with Crippen LogP contribution in [0.1, 0.15) is 25.0 Å². The number of rotatable bonds is 6. The Morgan fingerprint density at radius 2 is 1.86 bits per heavy atom. The minimum Gasteiger partial charge on any atom is -0.392 e. The number of nitrogens with zero attached hydrogens (tertiary/aromatic N) is 2. The van der Waals surface area contributed by atoms with Crippen molar-refractivity contribution < 1.29 is 18.3 Å². The van der Waals surface area contributed by atoms with Crippen LogP contribution >= 0.6 is 0 Å². The maximum atomic E-state index is 13.1. The third kappa shape index (κ3) is 4.61. The van der Waals surface area contributed by atoms with Gasteiger partial charge < -0.3 is 14.9 Å². The lowest BCUT2D eigenvalue weighted by Gasteiger charge is -2.32. The van der Waals surface area contributed by atoms with Gasteiger partial charge in [-0.3, -0.25) is 0 Å². The molecule has 1 unspecified atom stereocenters. The normalized spacial score (nSPS) is 13.6. The first kappa shape index (κ1) is 17.8. The van der Waals surface area contributed by atoms with Crippen LogP contribution in [0.2, 0.25) is 0 Å². The first-order chi connectivity index (χ1) is 9.70. The molecule has 1 rings (SSSR count). The number of benzene rings is 1. The molecule has 1 aromatic carbocycles. The lowest BCUT2D eigenvalue weighted by molar-refractivity contribution is -0.138. The zero-order chi connectivity index (χ0) is 16.2. The van der Waals surface area contributed by atoms with E-state index in [0.29, 0.717) is 12.2 Å². The van der Waals surface area contributed by atoms with Crippen molar-refractivity contribution in [2.24, 2.45) is 0 Å². The Bertz CT molecular complexity index is 461. The number of likely N-dealkylation sites (N-methyl/N-ethyl adjacent to an activating group) is 2. The summed E-state index contributed by atoms with van der Waals surface area (Å²) in [5.41, 5.74) is -0.336. The second-order valence-corrected chi connectivity index (χ2v) is 5.39. The van der Waals surface area contributed by atoms with E-state index in [4.69, 9.17) is 5.11 Å². The molecule has 0 heterocycles. The summed E-state index contributed by atoms with van der Waals surface area (Å²) in [6.07, 6.45) is -4.46. The Morgan fingerprint density at radius 3 is 2.29 bits per heavy atom. The van der Waals surface area contributed by atoms with Gasteiger partial charge in [-0.25, -0.2) is 0 Å². The second-order valence-electron chi connectivity index (χ2n) is 5.39. The molecule has 120 valence electrons. The molecule has 0 saturated carbocycles. The lowest BCUT2D eigenvalue weighted by Crippen LogP contribution is -2.40. The standard InChI is InChI=1S/C15H23F3N2O/c1-5-20(11(2)9-19(3)4)13-7-6-12(10-21)14(8-13)15(16,17)18/h6-8,11,21H,5,9-10H2,1-4H3. The van der Waals surface area contributed by atoms with Gasteiger partial charge in [0.05, 0.1) is 12.2 Å². The Balaban J connectivity index is 3.17. The van der Waals surface area contributed by atoms with Crippen molar-refractivity contribution in [2.75, 3.05) is 32.1 Å². The molecule has 0 amide bonds. The molecule has 0 radical (unpaired) electrons. The smallest absolute Gasteiger partial charge is 0.392 e. The SMILES string of the molecule is CCN(c1ccc(CO)c(C(F)(F)F)c1)C(C)CN(C)C. The van der Waals surface area contributed by atoms with E-state index in [1.54, 1.807) is 6.07 Å². The van der Waals surface area contributed by atoms with E-state index >= 15 is 0 Å². The van der Waals surface area contributed by atoms with Crippen LogP contribution in [0.15, 0.2) is 18.2 Å². The molecule has 1 atom stereocenters. The fourth-order valence-corrected chi connectivity index (χ4v) is 2.52. The van der Waals surface area contributed by atoms with Gasteiger partial charge in [0, 0.05) is 24.8 Å². The molecule has 1 aromatic rings. The first-order valence-electron chi connectivity index (χ1n) is 6.93. The fraction of sp³-hybridized carbons (Fsp3) is 0.600. The first-order valence-corrected chi connectivity index (χ1v) is 6.93. The number of halogens is 3. The molecule has 0 saturated heterocycles. The van der Waals surface area contributed by atoms with Gasteiger partial charge in [0.1, 0.15) is 0 Å². The highest BCUT2D eigenvalue weighted by molar-refractivity contribution is 5.52. The van der Waals surface area contributed by atoms with Crippen molar-refractivity contribution in [3.05, 3.63) is 29.3 Å². The third-order valence-corrected chi connectivity index (χ3v) is 3.40. The van der Waals surface area contributed by atoms with Crippen LogP contribution in [0.25, 0.3) is 0 Å². The highest BCUT2D eigenvalue weighted by Crippen LogP contribution is 2.35. The van der Waals surface area contributed by atoms with Gasteiger partial charge in [0.2, 0.25) is 0 Å². The maximum Gasteiger partial charge on any atom is 0.416 e. The van der Waals surface area contributed by atoms with Crippen LogP contribution in [0, 0.1) is 0 Å². The Hall–Kier alpha value is -1.27. The number of hydrogen-bond donors (Lipinski definition) is 1. The quantitative estimate of drug-likeness (QED) is 0.875. The molecular weight excluding hydrogens is 281 g/mol. The molecule has 0 bridgehead atoms. The van der Waals surface area contributed by atoms with Crippen LogP contribution in [-0.2, 0) is 12.8 Å². The van der Waals surface area contributed by atoms with Crippen molar-refractivity contribution in [2.45, 2.75) is 32.7 Å². The van der Waals surface area contributed by atoms with Gasteiger partial charge in [-0.1, -0.05) is 6.07 Å². The van der Waals surface area contributed by atoms with Gasteiger partial charge in [-0.05, 0) is 45.6 Å². The average molecular weight is 304 g/mol. The van der Waals surface area contributed by atoms with E-state index in [2.05, 4.69) is 0 Å². The summed E-state index contributed by atoms with van der Waals surface area (Å²) >= 11 is 0. The van der Waals surface area contributed by atoms with E-state index in [1.807, 2.05) is 37.7 Å². The molecule has 0 fully saturated rings. The number of hydrogen-bond acceptors (Lipinski definition) is 3. The summed E-state index contributed by atoms with van der Waals surface area (Å²) in [5.74, 6) is 0. The molecule has 0 spiro atoms. The van der Waals surface area contributed by atoms with E-state index in [-0.39, 0.29) is 11.6 Å². The summed E-state index contributed by atoms with van der Waals surface area (Å²) in [4.78, 5) is 3.93. The summed E-state index contributed by atoms with van der Waals surface area (Å²) in [5, 5.41) is 9.08. The van der Waals surface area contributed by atoms with Crippen LogP contribution in [0.4, 0.5) is 18.9 Å². The Kier molecular flexibility index (Phi) is 6.04. The number of aliphatic hydroxyl groups excluding tert-OH is 1. The van der Waals surface area contributed by atoms with Crippen LogP contribution < -0.4 is 4.90 Å². The van der Waals surface area contributed by atoms with Gasteiger partial charge in [-0.15, -0.1) is 0 Å². The third-order valence-electron chi connectivity index (χ3n) is 3.40. The molecular formula is C15H23F3N2O. The van der Waals surface area contributed by atoms with E-state index < -0.39 is 18.3 Å². The Labute approximate surface area is 124 Å². The molecule has 3 nitrogen and oxygen atoms in total. The summed E-state index contributed by atoms with van der Waals surface area (Å²) < 4.78 is 39.2. The topological polar surface area (TPSA) is 26.7 Å². The van der Waals surface area contributed by atoms with E-state index in [1.165, 1.54) is 6.07 Å². The number of aliphatic hydroxyl groups is 1. The van der Waals surface area contributed by atoms with Crippen molar-refractivity contribution in [1.82, 2.24) is 4.90 Å². The molecule has 1 N–H and O–H groups in total. The van der Waals surface area contributed by atoms with Gasteiger partial charge >= 0.3 is 6.18 Å². The van der Waals surface area contributed by atoms with Crippen LogP contribution in [0.3, 0.4) is 0 Å². The minimum absolute atomic E-state index is 0.0889. The lowest BCUT2D eigenvalue weighted by atomic mass is 10.1. The number of alkyl halides is 3. The number of anilines is 1. The zero-order valence-electron chi connectivity index (χ0n) is 12.9. The highest BCUT2D eigenvalue weighted by atomic mass is 19.4. The van der Waals surface area contributed by atoms with Crippen molar-refractivity contribution in [1.29, 1.82) is 0 Å². The summed E-state index contributed by atoms with van der Waals surface area (Å²) in [7, 11) is 3.86. The molecule has 0 aliphatic rings. The van der Waals surface area contributed by atoms with E-state index in [9.17, 15) is 13.2 Å². The van der Waals surface area contributed by atoms with Crippen LogP contribution in [-0.4, -0.2) is 43.2 Å². The monoisotopic (exact) mass is 304 g/mol. The van der Waals surface area contributed by atoms with Crippen molar-refractivity contribution in [3.63, 3.8) is 0 Å². The highest BCUT2D eigenvalue weighted by Gasteiger charge is 2.34. The molecule has 21 heavy (non-hydrogen) atoms. The van der Waals surface area contributed by atoms with Crippen molar-refractivity contribution >= 4 is 5.69 Å². The summed E-state index contributed by atoms with van der Waals surface area (Å²) in [6.45, 7) is 4.65. The Morgan fingerprint density at radius 1 is 1.24 bits per heavy atom. The molecule has 6 heteroatoms. The molecule has 0 aromatic heterocycles. The largest absolute Gasteiger partial charge is 0.416 e. The van der Waals surface area contributed by atoms with Gasteiger partial charge in [-0.2, -0.15) is 13.2 Å². The average Bonchev–Trinajstić information content (AvgIpc) is 2.37. The predicted molar refractivity (Wildman–Crippen MR) is 78.4 cm³/mol. The summed E-state index contributed by atoms with van der Waals surface area (Å²) in [6, 6.07) is 4.20. The molecule has 0 aliphatic heterocycles. The minimum atomic E-state index is -4.46. The van der Waals surface area contributed by atoms with Gasteiger partial charge in [0.25, 0.3) is 0 Å². The molecule has 0 aliphatic carbocycles. The van der Waals surface area contributed by atoms with Gasteiger partial charge in [0.15, 0.2) is 0 Å². The fourth-order valence-electron chi connectivity index (χ4n) is 2.52. The zero-order valence-corrected chi connectivity index (χ0v) is 12.9. The predicted octanol–water partition coefficient (Wildman–Crippen LogP) is 2.97.